The summed E-state index contributed by atoms with van der Waals surface area (Å²) in [4.78, 5) is 12.3. The van der Waals surface area contributed by atoms with Gasteiger partial charge in [0.15, 0.2) is 11.5 Å². The van der Waals surface area contributed by atoms with Crippen LogP contribution >= 0.6 is 0 Å². The molecule has 0 aromatic heterocycles. The Bertz CT molecular complexity index is 897. The zero-order valence-corrected chi connectivity index (χ0v) is 15.8. The average Bonchev–Trinajstić information content (AvgIpc) is 2.71. The van der Waals surface area contributed by atoms with Crippen LogP contribution in [0.15, 0.2) is 53.4 Å². The second-order valence-corrected chi connectivity index (χ2v) is 8.04. The predicted octanol–water partition coefficient (Wildman–Crippen LogP) is 1.48. The van der Waals surface area contributed by atoms with Gasteiger partial charge in [-0.1, -0.05) is 24.3 Å². The third-order valence-electron chi connectivity index (χ3n) is 4.24. The summed E-state index contributed by atoms with van der Waals surface area (Å²) in [7, 11) is -2.08. The molecule has 0 fully saturated rings. The molecule has 8 heteroatoms. The number of nitrogens with one attached hydrogen (secondary N) is 2. The molecule has 0 unspecified atom stereocenters. The molecule has 2 aromatic rings. The van der Waals surface area contributed by atoms with Crippen LogP contribution in [0.5, 0.6) is 11.5 Å². The molecule has 7 nitrogen and oxygen atoms in total. The van der Waals surface area contributed by atoms with Gasteiger partial charge >= 0.3 is 0 Å². The Morgan fingerprint density at radius 3 is 2.52 bits per heavy atom. The smallest absolute Gasteiger partial charge is 0.240 e. The number of amides is 1. The van der Waals surface area contributed by atoms with Gasteiger partial charge in [-0.3, -0.25) is 4.79 Å². The van der Waals surface area contributed by atoms with Crippen molar-refractivity contribution in [3.63, 3.8) is 0 Å². The van der Waals surface area contributed by atoms with E-state index in [4.69, 9.17) is 9.47 Å². The van der Waals surface area contributed by atoms with Gasteiger partial charge in [0.2, 0.25) is 15.9 Å². The molecule has 0 saturated carbocycles. The zero-order chi connectivity index (χ0) is 19.3. The van der Waals surface area contributed by atoms with E-state index in [1.165, 1.54) is 19.2 Å². The molecule has 144 valence electrons. The van der Waals surface area contributed by atoms with Gasteiger partial charge in [0.25, 0.3) is 0 Å². The van der Waals surface area contributed by atoms with Gasteiger partial charge in [0.05, 0.1) is 11.4 Å². The van der Waals surface area contributed by atoms with Crippen molar-refractivity contribution >= 4 is 15.9 Å². The molecule has 0 bridgehead atoms. The van der Waals surface area contributed by atoms with Gasteiger partial charge in [0.1, 0.15) is 12.7 Å². The Morgan fingerprint density at radius 1 is 1.11 bits per heavy atom. The summed E-state index contributed by atoms with van der Waals surface area (Å²) in [5.41, 5.74) is 0.895. The number of para-hydroxylation sites is 2. The highest BCUT2D eigenvalue weighted by molar-refractivity contribution is 7.89. The second kappa shape index (κ2) is 8.41. The lowest BCUT2D eigenvalue weighted by atomic mass is 10.1. The molecule has 3 rings (SSSR count). The molecule has 0 spiro atoms. The largest absolute Gasteiger partial charge is 0.486 e. The van der Waals surface area contributed by atoms with Crippen LogP contribution in [-0.4, -0.2) is 40.6 Å². The third-order valence-corrected chi connectivity index (χ3v) is 5.67. The maximum Gasteiger partial charge on any atom is 0.240 e. The molecule has 1 aliphatic heterocycles. The van der Waals surface area contributed by atoms with E-state index in [2.05, 4.69) is 10.0 Å². The number of hydrogen-bond donors (Lipinski definition) is 2. The second-order valence-electron chi connectivity index (χ2n) is 6.15. The summed E-state index contributed by atoms with van der Waals surface area (Å²) in [6.07, 6.45) is 0.605. The normalized spacial score (nSPS) is 16.0. The van der Waals surface area contributed by atoms with Crippen LogP contribution in [0.4, 0.5) is 0 Å². The minimum atomic E-state index is -3.44. The summed E-state index contributed by atoms with van der Waals surface area (Å²) in [5, 5.41) is 2.85. The van der Waals surface area contributed by atoms with E-state index in [1.807, 2.05) is 24.3 Å². The first-order valence-electron chi connectivity index (χ1n) is 8.65. The molecule has 1 atom stereocenters. The first-order chi connectivity index (χ1) is 13.0. The average molecular weight is 390 g/mol. The van der Waals surface area contributed by atoms with E-state index < -0.39 is 10.0 Å². The summed E-state index contributed by atoms with van der Waals surface area (Å²) in [6, 6.07) is 13.9. The number of fused-ring (bicyclic) bond motifs is 1. The molecule has 0 aliphatic carbocycles. The quantitative estimate of drug-likeness (QED) is 0.747. The monoisotopic (exact) mass is 390 g/mol. The van der Waals surface area contributed by atoms with Gasteiger partial charge in [-0.25, -0.2) is 13.1 Å². The fourth-order valence-electron chi connectivity index (χ4n) is 2.69. The first-order valence-corrected chi connectivity index (χ1v) is 10.1. The Hall–Kier alpha value is -2.58. The molecular weight excluding hydrogens is 368 g/mol. The van der Waals surface area contributed by atoms with Crippen LogP contribution in [0.3, 0.4) is 0 Å². The fourth-order valence-corrected chi connectivity index (χ4v) is 3.42. The minimum absolute atomic E-state index is 0.0932. The molecule has 27 heavy (non-hydrogen) atoms. The Balaban J connectivity index is 1.44. The molecule has 1 amide bonds. The van der Waals surface area contributed by atoms with Gasteiger partial charge in [-0.05, 0) is 43.3 Å². The molecule has 0 radical (unpaired) electrons. The lowest BCUT2D eigenvalue weighted by Gasteiger charge is -2.26. The number of benzene rings is 2. The standard InChI is InChI=1S/C19H22N2O5S/c1-20-27(23,24)16-9-6-14(7-10-16)8-11-19(22)21-12-15-13-25-17-4-2-3-5-18(17)26-15/h2-7,9-10,15,20H,8,11-13H2,1H3,(H,21,22)/t15-/m1/s1. The summed E-state index contributed by atoms with van der Waals surface area (Å²) in [5.74, 6) is 1.30. The van der Waals surface area contributed by atoms with E-state index in [1.54, 1.807) is 12.1 Å². The van der Waals surface area contributed by atoms with Crippen molar-refractivity contribution in [2.24, 2.45) is 0 Å². The number of sulfonamides is 1. The topological polar surface area (TPSA) is 93.7 Å². The Labute approximate surface area is 158 Å². The maximum atomic E-state index is 12.1. The number of aryl methyl sites for hydroxylation is 1. The minimum Gasteiger partial charge on any atom is -0.486 e. The summed E-state index contributed by atoms with van der Waals surface area (Å²) >= 11 is 0. The van der Waals surface area contributed by atoms with Crippen molar-refractivity contribution < 1.29 is 22.7 Å². The van der Waals surface area contributed by atoms with Crippen molar-refractivity contribution in [3.8, 4) is 11.5 Å². The predicted molar refractivity (Wildman–Crippen MR) is 100 cm³/mol. The summed E-state index contributed by atoms with van der Waals surface area (Å²) < 4.78 is 37.1. The van der Waals surface area contributed by atoms with Crippen LogP contribution in [0, 0.1) is 0 Å². The van der Waals surface area contributed by atoms with Gasteiger partial charge < -0.3 is 14.8 Å². The SMILES string of the molecule is CNS(=O)(=O)c1ccc(CCC(=O)NC[C@@H]2COc3ccccc3O2)cc1. The van der Waals surface area contributed by atoms with Crippen molar-refractivity contribution in [2.45, 2.75) is 23.8 Å². The van der Waals surface area contributed by atoms with Crippen LogP contribution < -0.4 is 19.5 Å². The number of rotatable bonds is 7. The zero-order valence-electron chi connectivity index (χ0n) is 15.0. The van der Waals surface area contributed by atoms with Crippen molar-refractivity contribution in [3.05, 3.63) is 54.1 Å². The highest BCUT2D eigenvalue weighted by Crippen LogP contribution is 2.30. The maximum absolute atomic E-state index is 12.1. The highest BCUT2D eigenvalue weighted by Gasteiger charge is 2.21. The number of carbonyl (C=O) groups is 1. The molecule has 1 heterocycles. The number of hydrogen-bond acceptors (Lipinski definition) is 5. The van der Waals surface area contributed by atoms with Crippen LogP contribution in [-0.2, 0) is 21.2 Å². The van der Waals surface area contributed by atoms with E-state index in [0.717, 1.165) is 5.56 Å². The lowest BCUT2D eigenvalue weighted by molar-refractivity contribution is -0.121. The molecule has 0 saturated heterocycles. The number of ether oxygens (including phenoxy) is 2. The van der Waals surface area contributed by atoms with Crippen molar-refractivity contribution in [1.82, 2.24) is 10.0 Å². The molecule has 1 aliphatic rings. The van der Waals surface area contributed by atoms with Crippen molar-refractivity contribution in [2.75, 3.05) is 20.2 Å². The van der Waals surface area contributed by atoms with Crippen LogP contribution in [0.25, 0.3) is 0 Å². The summed E-state index contributed by atoms with van der Waals surface area (Å²) in [6.45, 7) is 0.755. The van der Waals surface area contributed by atoms with Crippen molar-refractivity contribution in [1.29, 1.82) is 0 Å². The lowest BCUT2D eigenvalue weighted by Crippen LogP contribution is -2.40. The van der Waals surface area contributed by atoms with E-state index >= 15 is 0 Å². The first kappa shape index (κ1) is 19.2. The third kappa shape index (κ3) is 4.99. The Morgan fingerprint density at radius 2 is 1.81 bits per heavy atom. The van der Waals surface area contributed by atoms with Crippen LogP contribution in [0.2, 0.25) is 0 Å². The van der Waals surface area contributed by atoms with E-state index in [-0.39, 0.29) is 16.9 Å². The van der Waals surface area contributed by atoms with E-state index in [0.29, 0.717) is 37.5 Å². The number of carbonyl (C=O) groups excluding carboxylic acids is 1. The van der Waals surface area contributed by atoms with Gasteiger partial charge in [-0.15, -0.1) is 0 Å². The van der Waals surface area contributed by atoms with Gasteiger partial charge in [-0.2, -0.15) is 0 Å². The molecule has 2 aromatic carbocycles. The Kier molecular flexibility index (Phi) is 5.98. The van der Waals surface area contributed by atoms with E-state index in [9.17, 15) is 13.2 Å². The highest BCUT2D eigenvalue weighted by atomic mass is 32.2. The molecule has 2 N–H and O–H groups in total. The molecular formula is C19H22N2O5S. The van der Waals surface area contributed by atoms with Crippen LogP contribution in [0.1, 0.15) is 12.0 Å². The fraction of sp³-hybridized carbons (Fsp3) is 0.316. The van der Waals surface area contributed by atoms with Gasteiger partial charge in [0, 0.05) is 6.42 Å².